The molecule has 0 bridgehead atoms. The second-order valence-electron chi connectivity index (χ2n) is 9.19. The highest BCUT2D eigenvalue weighted by Gasteiger charge is 2.35. The topological polar surface area (TPSA) is 101 Å². The van der Waals surface area contributed by atoms with Gasteiger partial charge in [0, 0.05) is 18.7 Å². The van der Waals surface area contributed by atoms with Crippen LogP contribution in [0.5, 0.6) is 0 Å². The van der Waals surface area contributed by atoms with E-state index in [-0.39, 0.29) is 11.8 Å². The highest BCUT2D eigenvalue weighted by molar-refractivity contribution is 5.87. The van der Waals surface area contributed by atoms with Crippen molar-refractivity contribution in [1.29, 1.82) is 0 Å². The lowest BCUT2D eigenvalue weighted by molar-refractivity contribution is -0.117. The standard InChI is InChI=1S/C32H38N4O4/c1-3-30(37)33-21-11-13-23-39-29-25-32(36-35-27-17-9-6-10-18-27,40-24-14-12-22-34-31(38)4-2)20-19-28(29)26-15-7-5-8-16-26/h3-10,15-20H,1-2,11-14,21-25H2,(H,33,37)(H,34,38). The lowest BCUT2D eigenvalue weighted by Crippen LogP contribution is -2.32. The molecule has 8 nitrogen and oxygen atoms in total. The second-order valence-corrected chi connectivity index (χ2v) is 9.19. The normalized spacial score (nSPS) is 16.5. The third-order valence-corrected chi connectivity index (χ3v) is 6.14. The minimum Gasteiger partial charge on any atom is -0.497 e. The average Bonchev–Trinajstić information content (AvgIpc) is 3.00. The quantitative estimate of drug-likeness (QED) is 0.145. The molecule has 0 heterocycles. The Labute approximate surface area is 236 Å². The summed E-state index contributed by atoms with van der Waals surface area (Å²) in [5, 5.41) is 14.7. The number of hydrogen-bond acceptors (Lipinski definition) is 6. The van der Waals surface area contributed by atoms with E-state index >= 15 is 0 Å². The Morgan fingerprint density at radius 3 is 2.08 bits per heavy atom. The Balaban J connectivity index is 1.74. The van der Waals surface area contributed by atoms with Crippen molar-refractivity contribution in [2.24, 2.45) is 10.2 Å². The molecule has 0 saturated carbocycles. The fourth-order valence-corrected chi connectivity index (χ4v) is 3.99. The fraction of sp³-hybridized carbons (Fsp3) is 0.312. The predicted molar refractivity (Wildman–Crippen MR) is 158 cm³/mol. The number of allylic oxidation sites excluding steroid dienone is 2. The first-order valence-corrected chi connectivity index (χ1v) is 13.6. The largest absolute Gasteiger partial charge is 0.497 e. The van der Waals surface area contributed by atoms with E-state index in [0.717, 1.165) is 48.3 Å². The third-order valence-electron chi connectivity index (χ3n) is 6.14. The summed E-state index contributed by atoms with van der Waals surface area (Å²) in [7, 11) is 0. The Hall–Kier alpha value is -4.30. The second kappa shape index (κ2) is 16.6. The van der Waals surface area contributed by atoms with Crippen LogP contribution >= 0.6 is 0 Å². The highest BCUT2D eigenvalue weighted by Crippen LogP contribution is 2.37. The number of nitrogens with one attached hydrogen (secondary N) is 2. The molecule has 0 saturated heterocycles. The van der Waals surface area contributed by atoms with Gasteiger partial charge in [0.05, 0.1) is 25.3 Å². The number of hydrogen-bond donors (Lipinski definition) is 2. The molecule has 2 aromatic carbocycles. The van der Waals surface area contributed by atoms with Crippen LogP contribution in [0.4, 0.5) is 5.69 Å². The molecule has 0 spiro atoms. The molecule has 210 valence electrons. The van der Waals surface area contributed by atoms with E-state index in [4.69, 9.17) is 9.47 Å². The van der Waals surface area contributed by atoms with Gasteiger partial charge in [-0.3, -0.25) is 9.59 Å². The Morgan fingerprint density at radius 1 is 0.850 bits per heavy atom. The molecule has 40 heavy (non-hydrogen) atoms. The van der Waals surface area contributed by atoms with Crippen molar-refractivity contribution < 1.29 is 19.1 Å². The first-order valence-electron chi connectivity index (χ1n) is 13.6. The molecule has 2 amide bonds. The van der Waals surface area contributed by atoms with Gasteiger partial charge in [0.15, 0.2) is 0 Å². The molecular formula is C32H38N4O4. The van der Waals surface area contributed by atoms with E-state index in [1.54, 1.807) is 0 Å². The third kappa shape index (κ3) is 10.1. The fourth-order valence-electron chi connectivity index (χ4n) is 3.99. The summed E-state index contributed by atoms with van der Waals surface area (Å²) < 4.78 is 12.7. The van der Waals surface area contributed by atoms with Crippen molar-refractivity contribution in [1.82, 2.24) is 10.6 Å². The van der Waals surface area contributed by atoms with Gasteiger partial charge in [-0.1, -0.05) is 67.8 Å². The number of benzene rings is 2. The van der Waals surface area contributed by atoms with Crippen LogP contribution in [0.15, 0.2) is 114 Å². The maximum atomic E-state index is 11.4. The van der Waals surface area contributed by atoms with Gasteiger partial charge in [-0.15, -0.1) is 5.11 Å². The van der Waals surface area contributed by atoms with Crippen molar-refractivity contribution in [3.05, 3.63) is 109 Å². The molecule has 2 N–H and O–H groups in total. The predicted octanol–water partition coefficient (Wildman–Crippen LogP) is 6.04. The van der Waals surface area contributed by atoms with Crippen LogP contribution in [0.3, 0.4) is 0 Å². The van der Waals surface area contributed by atoms with Crippen molar-refractivity contribution in [2.75, 3.05) is 26.3 Å². The van der Waals surface area contributed by atoms with Crippen LogP contribution in [-0.2, 0) is 19.1 Å². The Kier molecular flexibility index (Phi) is 12.6. The number of nitrogens with zero attached hydrogens (tertiary/aromatic N) is 2. The number of azo groups is 1. The molecule has 1 aliphatic rings. The average molecular weight is 543 g/mol. The zero-order valence-electron chi connectivity index (χ0n) is 22.9. The minimum atomic E-state index is -1.04. The lowest BCUT2D eigenvalue weighted by atomic mass is 9.93. The first-order chi connectivity index (χ1) is 19.5. The molecule has 1 atom stereocenters. The molecule has 0 radical (unpaired) electrons. The lowest BCUT2D eigenvalue weighted by Gasteiger charge is -2.31. The van der Waals surface area contributed by atoms with E-state index in [9.17, 15) is 9.59 Å². The monoisotopic (exact) mass is 542 g/mol. The minimum absolute atomic E-state index is 0.179. The maximum Gasteiger partial charge on any atom is 0.243 e. The summed E-state index contributed by atoms with van der Waals surface area (Å²) in [4.78, 5) is 22.8. The molecular weight excluding hydrogens is 504 g/mol. The van der Waals surface area contributed by atoms with Gasteiger partial charge >= 0.3 is 0 Å². The Morgan fingerprint density at radius 2 is 1.45 bits per heavy atom. The van der Waals surface area contributed by atoms with Gasteiger partial charge in [0.2, 0.25) is 17.5 Å². The van der Waals surface area contributed by atoms with Gasteiger partial charge in [-0.25, -0.2) is 0 Å². The number of amides is 2. The summed E-state index contributed by atoms with van der Waals surface area (Å²) in [6.07, 6.45) is 9.88. The van der Waals surface area contributed by atoms with E-state index in [1.807, 2.05) is 72.8 Å². The summed E-state index contributed by atoms with van der Waals surface area (Å²) in [5.74, 6) is 0.406. The van der Waals surface area contributed by atoms with Crippen molar-refractivity contribution >= 4 is 23.1 Å². The number of ether oxygens (including phenoxy) is 2. The van der Waals surface area contributed by atoms with E-state index in [0.29, 0.717) is 32.7 Å². The molecule has 2 aromatic rings. The zero-order chi connectivity index (χ0) is 28.5. The van der Waals surface area contributed by atoms with Crippen LogP contribution in [0, 0.1) is 0 Å². The van der Waals surface area contributed by atoms with Crippen LogP contribution in [0.1, 0.15) is 37.7 Å². The van der Waals surface area contributed by atoms with Gasteiger partial charge in [-0.05, 0) is 61.6 Å². The van der Waals surface area contributed by atoms with Gasteiger partial charge in [0.25, 0.3) is 0 Å². The van der Waals surface area contributed by atoms with Crippen molar-refractivity contribution in [3.8, 4) is 0 Å². The number of rotatable bonds is 17. The van der Waals surface area contributed by atoms with Gasteiger partial charge < -0.3 is 20.1 Å². The first kappa shape index (κ1) is 30.2. The summed E-state index contributed by atoms with van der Waals surface area (Å²) in [6.45, 7) is 8.96. The highest BCUT2D eigenvalue weighted by atomic mass is 16.5. The van der Waals surface area contributed by atoms with E-state index in [1.165, 1.54) is 12.2 Å². The zero-order valence-corrected chi connectivity index (χ0v) is 22.9. The van der Waals surface area contributed by atoms with Crippen LogP contribution < -0.4 is 10.6 Å². The van der Waals surface area contributed by atoms with E-state index < -0.39 is 5.72 Å². The van der Waals surface area contributed by atoms with Crippen LogP contribution in [0.2, 0.25) is 0 Å². The summed E-state index contributed by atoms with van der Waals surface area (Å²) in [6, 6.07) is 19.6. The number of carbonyl (C=O) groups excluding carboxylic acids is 2. The van der Waals surface area contributed by atoms with Crippen molar-refractivity contribution in [3.63, 3.8) is 0 Å². The Bertz CT molecular complexity index is 1210. The van der Waals surface area contributed by atoms with Crippen LogP contribution in [-0.4, -0.2) is 43.8 Å². The van der Waals surface area contributed by atoms with Gasteiger partial charge in [-0.2, -0.15) is 5.11 Å². The molecule has 8 heteroatoms. The number of carbonyl (C=O) groups is 2. The molecule has 0 aliphatic heterocycles. The molecule has 1 aliphatic carbocycles. The maximum absolute atomic E-state index is 11.4. The van der Waals surface area contributed by atoms with Crippen molar-refractivity contribution in [2.45, 2.75) is 37.8 Å². The van der Waals surface area contributed by atoms with E-state index in [2.05, 4.69) is 34.0 Å². The summed E-state index contributed by atoms with van der Waals surface area (Å²) in [5.41, 5.74) is 1.71. The molecule has 0 aromatic heterocycles. The summed E-state index contributed by atoms with van der Waals surface area (Å²) >= 11 is 0. The SMILES string of the molecule is C=CC(=O)NCCCCOC1=C(c2ccccc2)C=CC(N=Nc2ccccc2)(OCCCCNC(=O)C=C)C1. The van der Waals surface area contributed by atoms with Crippen LogP contribution in [0.25, 0.3) is 5.57 Å². The smallest absolute Gasteiger partial charge is 0.243 e. The molecule has 3 rings (SSSR count). The number of unbranched alkanes of at least 4 members (excludes halogenated alkanes) is 2. The van der Waals surface area contributed by atoms with Gasteiger partial charge in [0.1, 0.15) is 5.76 Å². The molecule has 1 unspecified atom stereocenters. The molecule has 0 fully saturated rings.